The van der Waals surface area contributed by atoms with Gasteiger partial charge in [0, 0.05) is 25.1 Å². The highest BCUT2D eigenvalue weighted by Crippen LogP contribution is 2.28. The Morgan fingerprint density at radius 1 is 1.13 bits per heavy atom. The maximum atomic E-state index is 13.1. The van der Waals surface area contributed by atoms with Crippen LogP contribution in [-0.2, 0) is 37.6 Å². The van der Waals surface area contributed by atoms with E-state index in [9.17, 15) is 26.7 Å². The van der Waals surface area contributed by atoms with Gasteiger partial charge in [-0.25, -0.2) is 16.8 Å². The maximum Gasteiger partial charge on any atom is 0.322 e. The molecule has 0 spiro atoms. The molecule has 12 heteroatoms. The molecule has 0 radical (unpaired) electrons. The smallest absolute Gasteiger partial charge is 0.322 e. The summed E-state index contributed by atoms with van der Waals surface area (Å²) in [5, 5.41) is 9.55. The number of hydrogen-bond donors (Lipinski definition) is 1. The van der Waals surface area contributed by atoms with Crippen molar-refractivity contribution < 1.29 is 31.5 Å². The fraction of sp³-hybridized carbons (Fsp3) is 0.389. The van der Waals surface area contributed by atoms with E-state index in [-0.39, 0.29) is 30.2 Å². The Morgan fingerprint density at radius 2 is 1.77 bits per heavy atom. The van der Waals surface area contributed by atoms with Crippen molar-refractivity contribution in [3.8, 4) is 5.75 Å². The minimum atomic E-state index is -4.11. The van der Waals surface area contributed by atoms with Gasteiger partial charge in [0.15, 0.2) is 0 Å². The van der Waals surface area contributed by atoms with Crippen molar-refractivity contribution in [1.82, 2.24) is 14.3 Å². The van der Waals surface area contributed by atoms with E-state index in [4.69, 9.17) is 4.74 Å². The highest BCUT2D eigenvalue weighted by molar-refractivity contribution is 7.90. The van der Waals surface area contributed by atoms with Crippen molar-refractivity contribution in [3.63, 3.8) is 0 Å². The molecular formula is C18H21N3O7S2. The summed E-state index contributed by atoms with van der Waals surface area (Å²) in [6.45, 7) is -0.0198. The zero-order chi connectivity index (χ0) is 21.9. The van der Waals surface area contributed by atoms with Crippen molar-refractivity contribution in [3.05, 3.63) is 48.0 Å². The molecule has 1 atom stereocenters. The number of sulfonamides is 1. The number of hydrogen-bond acceptors (Lipinski definition) is 8. The molecule has 0 saturated carbocycles. The lowest BCUT2D eigenvalue weighted by Gasteiger charge is -2.32. The number of fused-ring (bicyclic) bond motifs is 1. The molecule has 30 heavy (non-hydrogen) atoms. The van der Waals surface area contributed by atoms with E-state index in [1.54, 1.807) is 0 Å². The molecule has 1 aliphatic heterocycles. The van der Waals surface area contributed by atoms with Crippen LogP contribution in [0.2, 0.25) is 0 Å². The number of aliphatic carboxylic acids is 1. The van der Waals surface area contributed by atoms with Gasteiger partial charge in [0.2, 0.25) is 10.0 Å². The molecule has 1 aromatic carbocycles. The quantitative estimate of drug-likeness (QED) is 0.562. The predicted molar refractivity (Wildman–Crippen MR) is 106 cm³/mol. The molecule has 0 amide bonds. The molecule has 162 valence electrons. The summed E-state index contributed by atoms with van der Waals surface area (Å²) < 4.78 is 54.8. The SMILES string of the molecule is CS(=O)(=O)CCCOc1ccc(S(=O)(=O)N2Cc3nccnc3CC2C(=O)O)cc1. The van der Waals surface area contributed by atoms with Gasteiger partial charge in [-0.1, -0.05) is 0 Å². The first-order valence-electron chi connectivity index (χ1n) is 9.02. The average molecular weight is 456 g/mol. The van der Waals surface area contributed by atoms with E-state index in [1.165, 1.54) is 36.7 Å². The number of carboxylic acids is 1. The van der Waals surface area contributed by atoms with Gasteiger partial charge in [0.25, 0.3) is 0 Å². The third-order valence-electron chi connectivity index (χ3n) is 4.54. The summed E-state index contributed by atoms with van der Waals surface area (Å²) in [6.07, 6.45) is 4.26. The Morgan fingerprint density at radius 3 is 2.37 bits per heavy atom. The van der Waals surface area contributed by atoms with Crippen LogP contribution in [0.4, 0.5) is 0 Å². The number of aromatic nitrogens is 2. The minimum absolute atomic E-state index is 0.00460. The fourth-order valence-electron chi connectivity index (χ4n) is 3.06. The summed E-state index contributed by atoms with van der Waals surface area (Å²) in [4.78, 5) is 19.8. The van der Waals surface area contributed by atoms with Gasteiger partial charge in [0.05, 0.1) is 35.2 Å². The van der Waals surface area contributed by atoms with E-state index in [2.05, 4.69) is 9.97 Å². The summed E-state index contributed by atoms with van der Waals surface area (Å²) in [7, 11) is -7.18. The van der Waals surface area contributed by atoms with Crippen LogP contribution in [0.3, 0.4) is 0 Å². The minimum Gasteiger partial charge on any atom is -0.494 e. The van der Waals surface area contributed by atoms with Crippen LogP contribution in [-0.4, -0.2) is 66.8 Å². The van der Waals surface area contributed by atoms with E-state index < -0.39 is 31.9 Å². The summed E-state index contributed by atoms with van der Waals surface area (Å²) >= 11 is 0. The van der Waals surface area contributed by atoms with Gasteiger partial charge in [-0.3, -0.25) is 14.8 Å². The molecule has 1 N–H and O–H groups in total. The Kier molecular flexibility index (Phi) is 6.38. The Bertz CT molecular complexity index is 1130. The number of carbonyl (C=O) groups is 1. The normalized spacial score (nSPS) is 17.3. The molecule has 1 aromatic heterocycles. The molecule has 0 bridgehead atoms. The van der Waals surface area contributed by atoms with Crippen LogP contribution in [0.15, 0.2) is 41.6 Å². The first-order valence-corrected chi connectivity index (χ1v) is 12.5. The first-order chi connectivity index (χ1) is 14.1. The lowest BCUT2D eigenvalue weighted by molar-refractivity contribution is -0.141. The molecule has 2 aromatic rings. The van der Waals surface area contributed by atoms with Gasteiger partial charge in [0.1, 0.15) is 21.6 Å². The Hall–Kier alpha value is -2.57. The monoisotopic (exact) mass is 455 g/mol. The standard InChI is InChI=1S/C18H21N3O7S2/c1-29(24,25)10-2-9-28-13-3-5-14(6-4-13)30(26,27)21-12-16-15(19-7-8-20-16)11-17(21)18(22)23/h3-8,17H,2,9-12H2,1H3,(H,22,23). The summed E-state index contributed by atoms with van der Waals surface area (Å²) in [5.41, 5.74) is 0.888. The lowest BCUT2D eigenvalue weighted by atomic mass is 10.1. The molecular weight excluding hydrogens is 434 g/mol. The van der Waals surface area contributed by atoms with Crippen molar-refractivity contribution in [2.45, 2.75) is 30.3 Å². The third-order valence-corrected chi connectivity index (χ3v) is 7.44. The molecule has 3 rings (SSSR count). The number of ether oxygens (including phenoxy) is 1. The Balaban J connectivity index is 1.76. The van der Waals surface area contributed by atoms with Gasteiger partial charge < -0.3 is 9.84 Å². The van der Waals surface area contributed by atoms with Crippen molar-refractivity contribution in [1.29, 1.82) is 0 Å². The zero-order valence-electron chi connectivity index (χ0n) is 16.1. The van der Waals surface area contributed by atoms with Crippen LogP contribution < -0.4 is 4.74 Å². The Labute approximate surface area is 174 Å². The summed E-state index contributed by atoms with van der Waals surface area (Å²) in [6, 6.07) is 4.26. The molecule has 0 fully saturated rings. The lowest BCUT2D eigenvalue weighted by Crippen LogP contribution is -2.49. The van der Waals surface area contributed by atoms with E-state index in [0.717, 1.165) is 10.6 Å². The number of benzene rings is 1. The largest absolute Gasteiger partial charge is 0.494 e. The van der Waals surface area contributed by atoms with Crippen LogP contribution in [0.25, 0.3) is 0 Å². The molecule has 10 nitrogen and oxygen atoms in total. The molecule has 1 unspecified atom stereocenters. The predicted octanol–water partition coefficient (Wildman–Crippen LogP) is 0.490. The van der Waals surface area contributed by atoms with E-state index in [1.807, 2.05) is 0 Å². The molecule has 0 saturated heterocycles. The summed E-state index contributed by atoms with van der Waals surface area (Å²) in [5.74, 6) is -0.886. The van der Waals surface area contributed by atoms with Crippen LogP contribution >= 0.6 is 0 Å². The number of carboxylic acid groups (broad SMARTS) is 1. The number of sulfone groups is 1. The van der Waals surface area contributed by atoms with Crippen molar-refractivity contribution in [2.75, 3.05) is 18.6 Å². The average Bonchev–Trinajstić information content (AvgIpc) is 2.70. The topological polar surface area (TPSA) is 144 Å². The maximum absolute atomic E-state index is 13.1. The number of nitrogens with zero attached hydrogens (tertiary/aromatic N) is 3. The molecule has 1 aliphatic rings. The van der Waals surface area contributed by atoms with Crippen LogP contribution in [0, 0.1) is 0 Å². The molecule has 0 aliphatic carbocycles. The second-order valence-electron chi connectivity index (χ2n) is 6.86. The number of rotatable bonds is 8. The van der Waals surface area contributed by atoms with Crippen LogP contribution in [0.1, 0.15) is 17.8 Å². The highest BCUT2D eigenvalue weighted by Gasteiger charge is 2.40. The fourth-order valence-corrected chi connectivity index (χ4v) is 5.24. The molecule has 2 heterocycles. The van der Waals surface area contributed by atoms with Gasteiger partial charge in [-0.2, -0.15) is 4.31 Å². The zero-order valence-corrected chi connectivity index (χ0v) is 17.8. The third kappa shape index (κ3) is 5.12. The van der Waals surface area contributed by atoms with E-state index >= 15 is 0 Å². The van der Waals surface area contributed by atoms with Gasteiger partial charge in [-0.05, 0) is 30.7 Å². The van der Waals surface area contributed by atoms with E-state index in [0.29, 0.717) is 23.6 Å². The van der Waals surface area contributed by atoms with Crippen LogP contribution in [0.5, 0.6) is 5.75 Å². The first kappa shape index (κ1) is 22.1. The van der Waals surface area contributed by atoms with Crippen molar-refractivity contribution >= 4 is 25.8 Å². The van der Waals surface area contributed by atoms with Gasteiger partial charge >= 0.3 is 5.97 Å². The second kappa shape index (κ2) is 8.66. The second-order valence-corrected chi connectivity index (χ2v) is 11.0. The highest BCUT2D eigenvalue weighted by atomic mass is 32.2. The van der Waals surface area contributed by atoms with Gasteiger partial charge in [-0.15, -0.1) is 0 Å². The van der Waals surface area contributed by atoms with Crippen molar-refractivity contribution in [2.24, 2.45) is 0 Å².